The van der Waals surface area contributed by atoms with Gasteiger partial charge in [-0.15, -0.1) is 11.3 Å². The highest BCUT2D eigenvalue weighted by molar-refractivity contribution is 9.10. The molecule has 0 nitrogen and oxygen atoms in total. The van der Waals surface area contributed by atoms with E-state index in [9.17, 15) is 0 Å². The molecule has 0 atom stereocenters. The van der Waals surface area contributed by atoms with Crippen molar-refractivity contribution in [1.82, 2.24) is 0 Å². The molecule has 1 aromatic rings. The molecule has 1 aromatic heterocycles. The van der Waals surface area contributed by atoms with Gasteiger partial charge < -0.3 is 0 Å². The van der Waals surface area contributed by atoms with Gasteiger partial charge in [-0.2, -0.15) is 0 Å². The molecule has 0 unspecified atom stereocenters. The lowest BCUT2D eigenvalue weighted by molar-refractivity contribution is 0.653. The van der Waals surface area contributed by atoms with Gasteiger partial charge in [0.25, 0.3) is 0 Å². The standard InChI is InChI=1S/C9H13BrS/c1-6(2)4-9-8(10)5-7(3)11-9/h5-6H,4H2,1-3H3. The molecule has 0 fully saturated rings. The number of hydrogen-bond donors (Lipinski definition) is 0. The summed E-state index contributed by atoms with van der Waals surface area (Å²) in [6, 6.07) is 2.20. The second kappa shape index (κ2) is 3.72. The Morgan fingerprint density at radius 1 is 1.55 bits per heavy atom. The van der Waals surface area contributed by atoms with E-state index in [4.69, 9.17) is 0 Å². The van der Waals surface area contributed by atoms with E-state index < -0.39 is 0 Å². The molecule has 0 saturated carbocycles. The molecular weight excluding hydrogens is 220 g/mol. The molecule has 0 aliphatic carbocycles. The number of hydrogen-bond acceptors (Lipinski definition) is 1. The van der Waals surface area contributed by atoms with Crippen molar-refractivity contribution in [3.63, 3.8) is 0 Å². The van der Waals surface area contributed by atoms with Gasteiger partial charge in [0.2, 0.25) is 0 Å². The van der Waals surface area contributed by atoms with Crippen LogP contribution in [0.2, 0.25) is 0 Å². The number of rotatable bonds is 2. The first kappa shape index (κ1) is 9.27. The summed E-state index contributed by atoms with van der Waals surface area (Å²) < 4.78 is 1.29. The predicted molar refractivity (Wildman–Crippen MR) is 55.3 cm³/mol. The number of halogens is 1. The van der Waals surface area contributed by atoms with E-state index in [1.807, 2.05) is 11.3 Å². The zero-order valence-electron chi connectivity index (χ0n) is 7.15. The van der Waals surface area contributed by atoms with E-state index in [1.54, 1.807) is 0 Å². The van der Waals surface area contributed by atoms with Crippen molar-refractivity contribution in [2.45, 2.75) is 27.2 Å². The molecule has 0 aliphatic heterocycles. The first-order chi connectivity index (χ1) is 5.09. The lowest BCUT2D eigenvalue weighted by Gasteiger charge is -2.01. The summed E-state index contributed by atoms with van der Waals surface area (Å²) in [6.45, 7) is 6.66. The van der Waals surface area contributed by atoms with Gasteiger partial charge in [-0.1, -0.05) is 13.8 Å². The molecule has 0 saturated heterocycles. The third kappa shape index (κ3) is 2.60. The first-order valence-corrected chi connectivity index (χ1v) is 5.45. The molecule has 0 bridgehead atoms. The van der Waals surface area contributed by atoms with Crippen LogP contribution in [0.25, 0.3) is 0 Å². The summed E-state index contributed by atoms with van der Waals surface area (Å²) in [6.07, 6.45) is 1.19. The fraction of sp³-hybridized carbons (Fsp3) is 0.556. The SMILES string of the molecule is Cc1cc(Br)c(CC(C)C)s1. The summed E-state index contributed by atoms with van der Waals surface area (Å²) in [7, 11) is 0. The minimum Gasteiger partial charge on any atom is -0.144 e. The van der Waals surface area contributed by atoms with Crippen molar-refractivity contribution in [3.05, 3.63) is 20.3 Å². The van der Waals surface area contributed by atoms with E-state index in [2.05, 4.69) is 42.8 Å². The maximum absolute atomic E-state index is 3.56. The van der Waals surface area contributed by atoms with Crippen molar-refractivity contribution >= 4 is 27.3 Å². The van der Waals surface area contributed by atoms with Gasteiger partial charge in [0.15, 0.2) is 0 Å². The van der Waals surface area contributed by atoms with Crippen LogP contribution in [0.15, 0.2) is 10.5 Å². The molecule has 62 valence electrons. The van der Waals surface area contributed by atoms with E-state index in [-0.39, 0.29) is 0 Å². The van der Waals surface area contributed by atoms with E-state index in [0.717, 1.165) is 5.92 Å². The zero-order chi connectivity index (χ0) is 8.43. The van der Waals surface area contributed by atoms with Crippen molar-refractivity contribution < 1.29 is 0 Å². The lowest BCUT2D eigenvalue weighted by Crippen LogP contribution is -1.90. The molecule has 11 heavy (non-hydrogen) atoms. The maximum atomic E-state index is 3.56. The molecule has 0 spiro atoms. The number of aryl methyl sites for hydroxylation is 1. The Labute approximate surface area is 80.8 Å². The van der Waals surface area contributed by atoms with Crippen LogP contribution in [0, 0.1) is 12.8 Å². The van der Waals surface area contributed by atoms with Crippen LogP contribution >= 0.6 is 27.3 Å². The molecule has 0 radical (unpaired) electrons. The van der Waals surface area contributed by atoms with Crippen molar-refractivity contribution in [2.24, 2.45) is 5.92 Å². The van der Waals surface area contributed by atoms with Crippen LogP contribution in [0.3, 0.4) is 0 Å². The van der Waals surface area contributed by atoms with Gasteiger partial charge in [0, 0.05) is 14.2 Å². The normalized spacial score (nSPS) is 11.0. The summed E-state index contributed by atoms with van der Waals surface area (Å²) >= 11 is 5.45. The van der Waals surface area contributed by atoms with E-state index in [1.165, 1.54) is 20.6 Å². The van der Waals surface area contributed by atoms with E-state index in [0.29, 0.717) is 0 Å². The van der Waals surface area contributed by atoms with Crippen LogP contribution in [0.4, 0.5) is 0 Å². The van der Waals surface area contributed by atoms with Crippen LogP contribution in [-0.4, -0.2) is 0 Å². The molecule has 1 rings (SSSR count). The summed E-state index contributed by atoms with van der Waals surface area (Å²) in [4.78, 5) is 2.88. The molecule has 2 heteroatoms. The number of thiophene rings is 1. The molecule has 0 N–H and O–H groups in total. The highest BCUT2D eigenvalue weighted by Gasteiger charge is 2.05. The van der Waals surface area contributed by atoms with Crippen LogP contribution in [0.5, 0.6) is 0 Å². The third-order valence-electron chi connectivity index (χ3n) is 1.47. The average molecular weight is 233 g/mol. The molecule has 0 amide bonds. The Kier molecular flexibility index (Phi) is 3.14. The highest BCUT2D eigenvalue weighted by atomic mass is 79.9. The predicted octanol–water partition coefficient (Wildman–Crippen LogP) is 4.02. The topological polar surface area (TPSA) is 0 Å². The Morgan fingerprint density at radius 2 is 2.18 bits per heavy atom. The Hall–Kier alpha value is 0.180. The fourth-order valence-electron chi connectivity index (χ4n) is 1.04. The van der Waals surface area contributed by atoms with Crippen molar-refractivity contribution in [2.75, 3.05) is 0 Å². The quantitative estimate of drug-likeness (QED) is 0.723. The van der Waals surface area contributed by atoms with Crippen molar-refractivity contribution in [1.29, 1.82) is 0 Å². The van der Waals surface area contributed by atoms with Gasteiger partial charge >= 0.3 is 0 Å². The first-order valence-electron chi connectivity index (χ1n) is 3.84. The van der Waals surface area contributed by atoms with Crippen molar-refractivity contribution in [3.8, 4) is 0 Å². The maximum Gasteiger partial charge on any atom is 0.0317 e. The average Bonchev–Trinajstić information content (AvgIpc) is 2.09. The minimum atomic E-state index is 0.754. The zero-order valence-corrected chi connectivity index (χ0v) is 9.55. The largest absolute Gasteiger partial charge is 0.144 e. The molecule has 0 aliphatic rings. The molecule has 0 aromatic carbocycles. The molecule has 1 heterocycles. The summed E-state index contributed by atoms with van der Waals surface area (Å²) in [5.41, 5.74) is 0. The van der Waals surface area contributed by atoms with Gasteiger partial charge in [-0.3, -0.25) is 0 Å². The minimum absolute atomic E-state index is 0.754. The summed E-state index contributed by atoms with van der Waals surface area (Å²) in [5.74, 6) is 0.754. The fourth-order valence-corrected chi connectivity index (χ4v) is 3.08. The second-order valence-corrected chi connectivity index (χ2v) is 5.42. The van der Waals surface area contributed by atoms with Gasteiger partial charge in [-0.05, 0) is 41.3 Å². The summed E-state index contributed by atoms with van der Waals surface area (Å²) in [5, 5.41) is 0. The van der Waals surface area contributed by atoms with Crippen LogP contribution < -0.4 is 0 Å². The monoisotopic (exact) mass is 232 g/mol. The van der Waals surface area contributed by atoms with E-state index >= 15 is 0 Å². The Balaban J connectivity index is 2.77. The van der Waals surface area contributed by atoms with Gasteiger partial charge in [-0.25, -0.2) is 0 Å². The highest BCUT2D eigenvalue weighted by Crippen LogP contribution is 2.28. The molecular formula is C9H13BrS. The van der Waals surface area contributed by atoms with Crippen LogP contribution in [0.1, 0.15) is 23.6 Å². The lowest BCUT2D eigenvalue weighted by atomic mass is 10.1. The van der Waals surface area contributed by atoms with Crippen LogP contribution in [-0.2, 0) is 6.42 Å². The van der Waals surface area contributed by atoms with Gasteiger partial charge in [0.05, 0.1) is 0 Å². The Morgan fingerprint density at radius 3 is 2.55 bits per heavy atom. The third-order valence-corrected chi connectivity index (χ3v) is 3.52. The smallest absolute Gasteiger partial charge is 0.0317 e. The second-order valence-electron chi connectivity index (χ2n) is 3.23. The van der Waals surface area contributed by atoms with Gasteiger partial charge in [0.1, 0.15) is 0 Å². The Bertz CT molecular complexity index is 238.